The molecule has 2 amide bonds. The van der Waals surface area contributed by atoms with Crippen LogP contribution in [0.3, 0.4) is 0 Å². The lowest BCUT2D eigenvalue weighted by Crippen LogP contribution is -2.61. The molecule has 0 saturated heterocycles. The van der Waals surface area contributed by atoms with Crippen LogP contribution in [0.2, 0.25) is 0 Å². The third-order valence-electron chi connectivity index (χ3n) is 4.33. The Kier molecular flexibility index (Phi) is 15.7. The second kappa shape index (κ2) is 16.7. The van der Waals surface area contributed by atoms with E-state index in [0.717, 1.165) is 0 Å². The van der Waals surface area contributed by atoms with E-state index in [0.29, 0.717) is 0 Å². The van der Waals surface area contributed by atoms with Gasteiger partial charge in [-0.25, -0.2) is 9.59 Å². The Morgan fingerprint density at radius 2 is 1.03 bits per heavy atom. The third-order valence-corrected chi connectivity index (χ3v) is 4.33. The van der Waals surface area contributed by atoms with Gasteiger partial charge in [0.05, 0.1) is 39.6 Å². The molecule has 0 rings (SSSR count). The molecule has 0 aliphatic heterocycles. The first-order chi connectivity index (χ1) is 17.5. The second-order valence-electron chi connectivity index (χ2n) is 7.21. The maximum absolute atomic E-state index is 13.9. The summed E-state index contributed by atoms with van der Waals surface area (Å²) in [6.07, 6.45) is -15.6. The quantitative estimate of drug-likeness (QED) is 0.135. The van der Waals surface area contributed by atoms with Crippen LogP contribution < -0.4 is 10.6 Å². The highest BCUT2D eigenvalue weighted by Gasteiger charge is 2.81. The standard InChI is InChI=1S/C19H29F9N2O8/c1-33-5-7-35-9-11-37-14(31)29-13(30-15(32)38-12-10-36-8-6-34-2)3-4-16(20,21)17(22,23)18(24,25)19(26,27)28/h13H,3-12H2,1-2H3,(H,29,31)(H,30,32). The van der Waals surface area contributed by atoms with E-state index in [9.17, 15) is 49.1 Å². The third kappa shape index (κ3) is 12.1. The summed E-state index contributed by atoms with van der Waals surface area (Å²) in [5.41, 5.74) is 0. The van der Waals surface area contributed by atoms with Gasteiger partial charge in [-0.2, -0.15) is 39.5 Å². The molecule has 0 aromatic heterocycles. The van der Waals surface area contributed by atoms with Crippen molar-refractivity contribution in [2.75, 3.05) is 67.1 Å². The van der Waals surface area contributed by atoms with Crippen LogP contribution in [0.15, 0.2) is 0 Å². The molecule has 0 aliphatic rings. The topological polar surface area (TPSA) is 114 Å². The number of nitrogens with one attached hydrogen (secondary N) is 2. The maximum atomic E-state index is 13.9. The summed E-state index contributed by atoms with van der Waals surface area (Å²) >= 11 is 0. The van der Waals surface area contributed by atoms with E-state index in [1.165, 1.54) is 14.2 Å². The lowest BCUT2D eigenvalue weighted by molar-refractivity contribution is -0.396. The van der Waals surface area contributed by atoms with Crippen LogP contribution >= 0.6 is 0 Å². The highest BCUT2D eigenvalue weighted by molar-refractivity contribution is 5.70. The first-order valence-corrected chi connectivity index (χ1v) is 10.7. The Balaban J connectivity index is 5.19. The minimum absolute atomic E-state index is 0.124. The Morgan fingerprint density at radius 1 is 0.632 bits per heavy atom. The van der Waals surface area contributed by atoms with E-state index in [4.69, 9.17) is 18.9 Å². The number of alkyl carbamates (subject to hydrolysis) is 2. The number of methoxy groups -OCH3 is 2. The molecule has 0 unspecified atom stereocenters. The fourth-order valence-electron chi connectivity index (χ4n) is 2.31. The van der Waals surface area contributed by atoms with Crippen molar-refractivity contribution in [1.82, 2.24) is 10.6 Å². The van der Waals surface area contributed by atoms with Crippen molar-refractivity contribution in [1.29, 1.82) is 0 Å². The van der Waals surface area contributed by atoms with Gasteiger partial charge in [-0.3, -0.25) is 0 Å². The van der Waals surface area contributed by atoms with Gasteiger partial charge in [0.25, 0.3) is 0 Å². The molecule has 0 aromatic rings. The fraction of sp³-hybridized carbons (Fsp3) is 0.895. The normalized spacial score (nSPS) is 12.9. The van der Waals surface area contributed by atoms with Crippen molar-refractivity contribution >= 4 is 12.2 Å². The molecule has 0 bridgehead atoms. The minimum Gasteiger partial charge on any atom is -0.447 e. The van der Waals surface area contributed by atoms with Gasteiger partial charge in [0.2, 0.25) is 0 Å². The lowest BCUT2D eigenvalue weighted by Gasteiger charge is -2.34. The highest BCUT2D eigenvalue weighted by Crippen LogP contribution is 2.54. The summed E-state index contributed by atoms with van der Waals surface area (Å²) in [5, 5.41) is 3.54. The monoisotopic (exact) mass is 584 g/mol. The van der Waals surface area contributed by atoms with Gasteiger partial charge in [0, 0.05) is 20.6 Å². The molecule has 0 aliphatic carbocycles. The molecule has 0 atom stereocenters. The van der Waals surface area contributed by atoms with E-state index >= 15 is 0 Å². The molecule has 2 N–H and O–H groups in total. The summed E-state index contributed by atoms with van der Waals surface area (Å²) < 4.78 is 146. The molecular weight excluding hydrogens is 555 g/mol. The van der Waals surface area contributed by atoms with Crippen molar-refractivity contribution < 1.29 is 77.5 Å². The number of hydrogen-bond acceptors (Lipinski definition) is 8. The summed E-state index contributed by atoms with van der Waals surface area (Å²) in [4.78, 5) is 23.7. The molecular formula is C19H29F9N2O8. The number of carbonyl (C=O) groups is 2. The molecule has 0 fully saturated rings. The number of amides is 2. The molecule has 10 nitrogen and oxygen atoms in total. The van der Waals surface area contributed by atoms with Crippen LogP contribution in [0.1, 0.15) is 12.8 Å². The fourth-order valence-corrected chi connectivity index (χ4v) is 2.31. The zero-order valence-corrected chi connectivity index (χ0v) is 20.3. The molecule has 19 heteroatoms. The first kappa shape index (κ1) is 35.8. The van der Waals surface area contributed by atoms with E-state index in [1.807, 2.05) is 0 Å². The largest absolute Gasteiger partial charge is 0.460 e. The summed E-state index contributed by atoms with van der Waals surface area (Å²) in [7, 11) is 2.78. The molecule has 38 heavy (non-hydrogen) atoms. The van der Waals surface area contributed by atoms with Crippen molar-refractivity contribution in [2.45, 2.75) is 43.0 Å². The first-order valence-electron chi connectivity index (χ1n) is 10.7. The predicted octanol–water partition coefficient (Wildman–Crippen LogP) is 3.34. The summed E-state index contributed by atoms with van der Waals surface area (Å²) in [6, 6.07) is 0. The second-order valence-corrected chi connectivity index (χ2v) is 7.21. The number of halogens is 9. The van der Waals surface area contributed by atoms with Crippen LogP contribution in [-0.2, 0) is 28.4 Å². The zero-order valence-electron chi connectivity index (χ0n) is 20.3. The van der Waals surface area contributed by atoms with Crippen molar-refractivity contribution in [2.24, 2.45) is 0 Å². The number of carbonyl (C=O) groups excluding carboxylic acids is 2. The predicted molar refractivity (Wildman–Crippen MR) is 108 cm³/mol. The molecule has 0 spiro atoms. The van der Waals surface area contributed by atoms with Crippen molar-refractivity contribution in [3.05, 3.63) is 0 Å². The minimum atomic E-state index is -7.08. The van der Waals surface area contributed by atoms with Crippen LogP contribution in [-0.4, -0.2) is 109 Å². The van der Waals surface area contributed by atoms with Gasteiger partial charge in [0.15, 0.2) is 0 Å². The van der Waals surface area contributed by atoms with Crippen LogP contribution in [0.25, 0.3) is 0 Å². The van der Waals surface area contributed by atoms with Gasteiger partial charge >= 0.3 is 36.1 Å². The van der Waals surface area contributed by atoms with Crippen molar-refractivity contribution in [3.63, 3.8) is 0 Å². The average Bonchev–Trinajstić information content (AvgIpc) is 2.81. The van der Waals surface area contributed by atoms with Crippen LogP contribution in [0.4, 0.5) is 49.1 Å². The van der Waals surface area contributed by atoms with Crippen LogP contribution in [0, 0.1) is 0 Å². The van der Waals surface area contributed by atoms with E-state index < -0.39 is 68.4 Å². The molecule has 0 saturated carbocycles. The van der Waals surface area contributed by atoms with E-state index in [2.05, 4.69) is 9.47 Å². The molecule has 0 heterocycles. The zero-order chi connectivity index (χ0) is 29.5. The Labute approximate surface area is 211 Å². The summed E-state index contributed by atoms with van der Waals surface area (Å²) in [5.74, 6) is -19.9. The van der Waals surface area contributed by atoms with Gasteiger partial charge < -0.3 is 39.1 Å². The Bertz CT molecular complexity index is 670. The van der Waals surface area contributed by atoms with Gasteiger partial charge in [-0.15, -0.1) is 0 Å². The SMILES string of the molecule is COCCOCCOC(=O)NC(CCC(F)(F)C(F)(F)C(F)(F)C(F)(F)F)NC(=O)OCCOCCOC. The summed E-state index contributed by atoms with van der Waals surface area (Å²) in [6.45, 7) is -0.451. The van der Waals surface area contributed by atoms with E-state index in [1.54, 1.807) is 10.6 Å². The molecule has 0 aromatic carbocycles. The number of ether oxygens (including phenoxy) is 6. The van der Waals surface area contributed by atoms with Gasteiger partial charge in [-0.05, 0) is 6.42 Å². The Morgan fingerprint density at radius 3 is 1.39 bits per heavy atom. The lowest BCUT2D eigenvalue weighted by atomic mass is 9.99. The van der Waals surface area contributed by atoms with Crippen LogP contribution in [0.5, 0.6) is 0 Å². The molecule has 226 valence electrons. The van der Waals surface area contributed by atoms with Crippen molar-refractivity contribution in [3.8, 4) is 0 Å². The van der Waals surface area contributed by atoms with E-state index in [-0.39, 0.29) is 39.6 Å². The average molecular weight is 584 g/mol. The Hall–Kier alpha value is -2.25. The molecule has 0 radical (unpaired) electrons. The number of rotatable bonds is 19. The van der Waals surface area contributed by atoms with Gasteiger partial charge in [-0.1, -0.05) is 0 Å². The number of alkyl halides is 9. The smallest absolute Gasteiger partial charge is 0.447 e. The highest BCUT2D eigenvalue weighted by atomic mass is 19.4. The van der Waals surface area contributed by atoms with Gasteiger partial charge in [0.1, 0.15) is 19.4 Å². The maximum Gasteiger partial charge on any atom is 0.460 e. The number of hydrogen-bond donors (Lipinski definition) is 2.